The van der Waals surface area contributed by atoms with Crippen molar-refractivity contribution in [3.05, 3.63) is 0 Å². The van der Waals surface area contributed by atoms with Crippen molar-refractivity contribution in [2.24, 2.45) is 5.41 Å². The number of aliphatic hydroxyl groups is 1. The van der Waals surface area contributed by atoms with E-state index in [1.54, 1.807) is 0 Å². The maximum Gasteiger partial charge on any atom is 0.217 e. The van der Waals surface area contributed by atoms with Crippen molar-refractivity contribution in [2.45, 2.75) is 33.7 Å². The van der Waals surface area contributed by atoms with Gasteiger partial charge < -0.3 is 10.4 Å². The monoisotopic (exact) mass is 159 g/mol. The van der Waals surface area contributed by atoms with E-state index >= 15 is 0 Å². The van der Waals surface area contributed by atoms with Crippen LogP contribution in [-0.4, -0.2) is 23.7 Å². The van der Waals surface area contributed by atoms with E-state index in [1.165, 1.54) is 6.92 Å². The predicted octanol–water partition coefficient (Wildman–Crippen LogP) is 0.529. The lowest BCUT2D eigenvalue weighted by Crippen LogP contribution is -2.45. The number of carbonyl (C=O) groups excluding carboxylic acids is 1. The van der Waals surface area contributed by atoms with Crippen molar-refractivity contribution < 1.29 is 9.90 Å². The molecule has 0 bridgehead atoms. The second-order valence-corrected chi connectivity index (χ2v) is 3.80. The van der Waals surface area contributed by atoms with Gasteiger partial charge in [-0.2, -0.15) is 0 Å². The molecule has 11 heavy (non-hydrogen) atoms. The summed E-state index contributed by atoms with van der Waals surface area (Å²) >= 11 is 0. The van der Waals surface area contributed by atoms with Crippen LogP contribution in [0.15, 0.2) is 0 Å². The van der Waals surface area contributed by atoms with Crippen LogP contribution in [0, 0.1) is 5.41 Å². The summed E-state index contributed by atoms with van der Waals surface area (Å²) in [5.41, 5.74) is -0.0829. The summed E-state index contributed by atoms with van der Waals surface area (Å²) in [6.07, 6.45) is 0. The average Bonchev–Trinajstić information content (AvgIpc) is 1.79. The lowest BCUT2D eigenvalue weighted by molar-refractivity contribution is -0.120. The zero-order chi connectivity index (χ0) is 9.07. The van der Waals surface area contributed by atoms with Crippen LogP contribution in [-0.2, 0) is 4.79 Å². The van der Waals surface area contributed by atoms with Crippen LogP contribution >= 0.6 is 0 Å². The zero-order valence-electron chi connectivity index (χ0n) is 7.64. The van der Waals surface area contributed by atoms with E-state index in [0.29, 0.717) is 0 Å². The Morgan fingerprint density at radius 3 is 2.09 bits per heavy atom. The Labute approximate surface area is 67.8 Å². The third-order valence-electron chi connectivity index (χ3n) is 1.61. The molecule has 0 rings (SSSR count). The van der Waals surface area contributed by atoms with Crippen LogP contribution in [0.4, 0.5) is 0 Å². The molecule has 1 amide bonds. The van der Waals surface area contributed by atoms with E-state index in [2.05, 4.69) is 5.32 Å². The molecule has 1 atom stereocenters. The Balaban J connectivity index is 4.07. The first-order valence-electron chi connectivity index (χ1n) is 3.76. The number of nitrogens with one attached hydrogen (secondary N) is 1. The highest BCUT2D eigenvalue weighted by atomic mass is 16.3. The van der Waals surface area contributed by atoms with Crippen LogP contribution in [0.1, 0.15) is 27.7 Å². The first-order chi connectivity index (χ1) is 4.88. The molecule has 0 saturated heterocycles. The van der Waals surface area contributed by atoms with Crippen LogP contribution in [0.25, 0.3) is 0 Å². The van der Waals surface area contributed by atoms with Gasteiger partial charge >= 0.3 is 0 Å². The summed E-state index contributed by atoms with van der Waals surface area (Å²) in [6, 6.07) is -0.153. The summed E-state index contributed by atoms with van der Waals surface area (Å²) in [6.45, 7) is 7.37. The molecular formula is C8H17NO2. The fraction of sp³-hybridized carbons (Fsp3) is 0.875. The molecular weight excluding hydrogens is 142 g/mol. The highest BCUT2D eigenvalue weighted by Gasteiger charge is 2.23. The molecule has 0 radical (unpaired) electrons. The SMILES string of the molecule is CC(=O)N[C@@H](CO)C(C)(C)C. The molecule has 0 aromatic heterocycles. The molecule has 0 fully saturated rings. The largest absolute Gasteiger partial charge is 0.394 e. The smallest absolute Gasteiger partial charge is 0.217 e. The predicted molar refractivity (Wildman–Crippen MR) is 44.1 cm³/mol. The van der Waals surface area contributed by atoms with Gasteiger partial charge in [0.05, 0.1) is 12.6 Å². The molecule has 0 aliphatic heterocycles. The van der Waals surface area contributed by atoms with Gasteiger partial charge in [-0.15, -0.1) is 0 Å². The summed E-state index contributed by atoms with van der Waals surface area (Å²) < 4.78 is 0. The van der Waals surface area contributed by atoms with Crippen LogP contribution in [0.3, 0.4) is 0 Å². The molecule has 0 aromatic rings. The molecule has 0 aliphatic rings. The minimum atomic E-state index is -0.153. The van der Waals surface area contributed by atoms with Crippen LogP contribution < -0.4 is 5.32 Å². The molecule has 0 unspecified atom stereocenters. The molecule has 3 heteroatoms. The normalized spacial score (nSPS) is 14.3. The summed E-state index contributed by atoms with van der Waals surface area (Å²) in [4.78, 5) is 10.6. The minimum absolute atomic E-state index is 0.0108. The molecule has 0 heterocycles. The molecule has 66 valence electrons. The Bertz CT molecular complexity index is 138. The molecule has 0 aromatic carbocycles. The van der Waals surface area contributed by atoms with Gasteiger partial charge in [0.25, 0.3) is 0 Å². The summed E-state index contributed by atoms with van der Waals surface area (Å²) in [5, 5.41) is 11.6. The number of carbonyl (C=O) groups is 1. The van der Waals surface area contributed by atoms with Crippen molar-refractivity contribution in [3.8, 4) is 0 Å². The van der Waals surface area contributed by atoms with Gasteiger partial charge in [-0.3, -0.25) is 4.79 Å². The van der Waals surface area contributed by atoms with E-state index < -0.39 is 0 Å². The van der Waals surface area contributed by atoms with Crippen molar-refractivity contribution in [1.29, 1.82) is 0 Å². The lowest BCUT2D eigenvalue weighted by Gasteiger charge is -2.29. The van der Waals surface area contributed by atoms with E-state index in [4.69, 9.17) is 5.11 Å². The number of rotatable bonds is 2. The first kappa shape index (κ1) is 10.4. The van der Waals surface area contributed by atoms with Crippen LogP contribution in [0.5, 0.6) is 0 Å². The van der Waals surface area contributed by atoms with Gasteiger partial charge in [0.1, 0.15) is 0 Å². The van der Waals surface area contributed by atoms with Crippen molar-refractivity contribution in [3.63, 3.8) is 0 Å². The van der Waals surface area contributed by atoms with E-state index in [-0.39, 0.29) is 24.0 Å². The molecule has 0 saturated carbocycles. The van der Waals surface area contributed by atoms with Gasteiger partial charge in [0.2, 0.25) is 5.91 Å². The summed E-state index contributed by atoms with van der Waals surface area (Å²) in [7, 11) is 0. The van der Waals surface area contributed by atoms with E-state index in [0.717, 1.165) is 0 Å². The van der Waals surface area contributed by atoms with Gasteiger partial charge in [0.15, 0.2) is 0 Å². The van der Waals surface area contributed by atoms with Gasteiger partial charge in [0, 0.05) is 6.92 Å². The fourth-order valence-electron chi connectivity index (χ4n) is 0.781. The third kappa shape index (κ3) is 3.98. The Hall–Kier alpha value is -0.570. The van der Waals surface area contributed by atoms with Gasteiger partial charge in [-0.1, -0.05) is 20.8 Å². The Morgan fingerprint density at radius 1 is 1.55 bits per heavy atom. The summed E-state index contributed by atoms with van der Waals surface area (Å²) in [5.74, 6) is -0.0982. The van der Waals surface area contributed by atoms with Crippen molar-refractivity contribution in [2.75, 3.05) is 6.61 Å². The second-order valence-electron chi connectivity index (χ2n) is 3.80. The maximum absolute atomic E-state index is 10.6. The second kappa shape index (κ2) is 3.72. The highest BCUT2D eigenvalue weighted by molar-refractivity contribution is 5.73. The molecule has 3 nitrogen and oxygen atoms in total. The number of hydrogen-bond acceptors (Lipinski definition) is 2. The van der Waals surface area contributed by atoms with Gasteiger partial charge in [-0.05, 0) is 5.41 Å². The molecule has 0 spiro atoms. The third-order valence-corrected chi connectivity index (χ3v) is 1.61. The lowest BCUT2D eigenvalue weighted by atomic mass is 9.87. The molecule has 2 N–H and O–H groups in total. The zero-order valence-corrected chi connectivity index (χ0v) is 7.64. The maximum atomic E-state index is 10.6. The fourth-order valence-corrected chi connectivity index (χ4v) is 0.781. The number of aliphatic hydroxyl groups excluding tert-OH is 1. The number of hydrogen-bond donors (Lipinski definition) is 2. The first-order valence-corrected chi connectivity index (χ1v) is 3.76. The van der Waals surface area contributed by atoms with E-state index in [9.17, 15) is 4.79 Å². The average molecular weight is 159 g/mol. The Kier molecular flexibility index (Phi) is 3.52. The minimum Gasteiger partial charge on any atom is -0.394 e. The Morgan fingerprint density at radius 2 is 2.00 bits per heavy atom. The number of amides is 1. The highest BCUT2D eigenvalue weighted by Crippen LogP contribution is 2.18. The van der Waals surface area contributed by atoms with Crippen LogP contribution in [0.2, 0.25) is 0 Å². The van der Waals surface area contributed by atoms with Crippen molar-refractivity contribution >= 4 is 5.91 Å². The molecule has 0 aliphatic carbocycles. The standard InChI is InChI=1S/C8H17NO2/c1-6(11)9-7(5-10)8(2,3)4/h7,10H,5H2,1-4H3,(H,9,11)/t7-/m0/s1. The van der Waals surface area contributed by atoms with Gasteiger partial charge in [-0.25, -0.2) is 0 Å². The topological polar surface area (TPSA) is 49.3 Å². The van der Waals surface area contributed by atoms with Crippen molar-refractivity contribution in [1.82, 2.24) is 5.32 Å². The van der Waals surface area contributed by atoms with E-state index in [1.807, 2.05) is 20.8 Å². The quantitative estimate of drug-likeness (QED) is 0.617.